The Bertz CT molecular complexity index is 550. The number of aliphatic hydroxyl groups excluding tert-OH is 1. The summed E-state index contributed by atoms with van der Waals surface area (Å²) >= 11 is 0. The van der Waals surface area contributed by atoms with E-state index in [9.17, 15) is 5.11 Å². The molecule has 1 aliphatic rings. The van der Waals surface area contributed by atoms with Gasteiger partial charge in [-0.15, -0.1) is 0 Å². The van der Waals surface area contributed by atoms with Gasteiger partial charge in [-0.3, -0.25) is 0 Å². The summed E-state index contributed by atoms with van der Waals surface area (Å²) in [5, 5.41) is 13.6. The number of fused-ring (bicyclic) bond motifs is 1. The summed E-state index contributed by atoms with van der Waals surface area (Å²) in [6, 6.07) is 16.6. The van der Waals surface area contributed by atoms with E-state index in [0.29, 0.717) is 6.54 Å². The highest BCUT2D eigenvalue weighted by molar-refractivity contribution is 5.59. The Labute approximate surface area is 107 Å². The molecule has 2 N–H and O–H groups in total. The Morgan fingerprint density at radius 3 is 2.67 bits per heavy atom. The number of β-amino-alcohol motifs (C(OH)–C–C–N with tert-alkyl or cyclic N) is 1. The van der Waals surface area contributed by atoms with Crippen LogP contribution in [0.15, 0.2) is 48.5 Å². The number of aliphatic hydroxyl groups is 1. The minimum atomic E-state index is -0.373. The van der Waals surface area contributed by atoms with Crippen molar-refractivity contribution >= 4 is 5.69 Å². The molecular formula is C16H17NO. The first-order valence-electron chi connectivity index (χ1n) is 6.33. The van der Waals surface area contributed by atoms with Gasteiger partial charge in [-0.2, -0.15) is 0 Å². The SMILES string of the molecule is Cc1ccc2c(c1)NC[C@H](O)[C@H]2c1ccccc1. The fourth-order valence-electron chi connectivity index (χ4n) is 2.70. The van der Waals surface area contributed by atoms with E-state index < -0.39 is 0 Å². The van der Waals surface area contributed by atoms with E-state index in [1.165, 1.54) is 16.7 Å². The van der Waals surface area contributed by atoms with Crippen molar-refractivity contribution in [3.05, 3.63) is 65.2 Å². The van der Waals surface area contributed by atoms with Crippen LogP contribution in [0.4, 0.5) is 5.69 Å². The van der Waals surface area contributed by atoms with Crippen LogP contribution in [0.25, 0.3) is 0 Å². The molecule has 92 valence electrons. The number of rotatable bonds is 1. The summed E-state index contributed by atoms with van der Waals surface area (Å²) in [5.74, 6) is 0.0723. The number of hydrogen-bond donors (Lipinski definition) is 2. The molecule has 0 spiro atoms. The maximum Gasteiger partial charge on any atom is 0.0822 e. The van der Waals surface area contributed by atoms with Gasteiger partial charge in [-0.25, -0.2) is 0 Å². The smallest absolute Gasteiger partial charge is 0.0822 e. The monoisotopic (exact) mass is 239 g/mol. The van der Waals surface area contributed by atoms with Gasteiger partial charge in [0.15, 0.2) is 0 Å². The van der Waals surface area contributed by atoms with E-state index in [2.05, 4.69) is 42.6 Å². The molecule has 3 rings (SSSR count). The van der Waals surface area contributed by atoms with Crippen LogP contribution >= 0.6 is 0 Å². The summed E-state index contributed by atoms with van der Waals surface area (Å²) < 4.78 is 0. The Balaban J connectivity index is 2.10. The number of nitrogens with one attached hydrogen (secondary N) is 1. The second-order valence-electron chi connectivity index (χ2n) is 4.93. The van der Waals surface area contributed by atoms with Gasteiger partial charge < -0.3 is 10.4 Å². The van der Waals surface area contributed by atoms with Gasteiger partial charge in [0.2, 0.25) is 0 Å². The minimum Gasteiger partial charge on any atom is -0.390 e. The van der Waals surface area contributed by atoms with Crippen LogP contribution < -0.4 is 5.32 Å². The minimum absolute atomic E-state index is 0.0723. The highest BCUT2D eigenvalue weighted by Gasteiger charge is 2.29. The molecule has 2 aromatic carbocycles. The topological polar surface area (TPSA) is 32.3 Å². The van der Waals surface area contributed by atoms with Crippen molar-refractivity contribution in [2.24, 2.45) is 0 Å². The zero-order valence-corrected chi connectivity index (χ0v) is 10.4. The summed E-state index contributed by atoms with van der Waals surface area (Å²) in [6.07, 6.45) is -0.373. The normalized spacial score (nSPS) is 22.1. The van der Waals surface area contributed by atoms with Gasteiger partial charge in [0, 0.05) is 18.2 Å². The van der Waals surface area contributed by atoms with Crippen LogP contribution in [0.1, 0.15) is 22.6 Å². The van der Waals surface area contributed by atoms with Gasteiger partial charge in [0.1, 0.15) is 0 Å². The van der Waals surface area contributed by atoms with Crippen LogP contribution in [0, 0.1) is 6.92 Å². The molecule has 0 unspecified atom stereocenters. The standard InChI is InChI=1S/C16H17NO/c1-11-7-8-13-14(9-11)17-10-15(18)16(13)12-5-3-2-4-6-12/h2-9,15-18H,10H2,1H3/t15-,16-/m0/s1. The fourth-order valence-corrected chi connectivity index (χ4v) is 2.70. The molecular weight excluding hydrogens is 222 g/mol. The van der Waals surface area contributed by atoms with Crippen LogP contribution in [0.5, 0.6) is 0 Å². The van der Waals surface area contributed by atoms with Gasteiger partial charge in [0.05, 0.1) is 6.10 Å². The molecule has 1 aliphatic heterocycles. The largest absolute Gasteiger partial charge is 0.390 e. The Morgan fingerprint density at radius 2 is 1.89 bits per heavy atom. The third-order valence-electron chi connectivity index (χ3n) is 3.59. The molecule has 0 aliphatic carbocycles. The van der Waals surface area contributed by atoms with Gasteiger partial charge in [0.25, 0.3) is 0 Å². The van der Waals surface area contributed by atoms with Crippen molar-refractivity contribution in [3.63, 3.8) is 0 Å². The van der Waals surface area contributed by atoms with E-state index in [1.54, 1.807) is 0 Å². The average Bonchev–Trinajstić information content (AvgIpc) is 2.40. The second kappa shape index (κ2) is 4.46. The summed E-state index contributed by atoms with van der Waals surface area (Å²) in [4.78, 5) is 0. The molecule has 0 saturated heterocycles. The predicted molar refractivity (Wildman–Crippen MR) is 74.0 cm³/mol. The summed E-state index contributed by atoms with van der Waals surface area (Å²) in [6.45, 7) is 2.69. The molecule has 2 aromatic rings. The zero-order chi connectivity index (χ0) is 12.5. The Kier molecular flexibility index (Phi) is 2.80. The van der Waals surface area contributed by atoms with Crippen molar-refractivity contribution in [3.8, 4) is 0 Å². The van der Waals surface area contributed by atoms with Gasteiger partial charge >= 0.3 is 0 Å². The van der Waals surface area contributed by atoms with E-state index in [0.717, 1.165) is 5.69 Å². The van der Waals surface area contributed by atoms with Crippen molar-refractivity contribution in [1.29, 1.82) is 0 Å². The molecule has 0 amide bonds. The molecule has 2 atom stereocenters. The van der Waals surface area contributed by atoms with Crippen LogP contribution in [-0.2, 0) is 0 Å². The van der Waals surface area contributed by atoms with Crippen molar-refractivity contribution in [2.75, 3.05) is 11.9 Å². The molecule has 0 saturated carbocycles. The lowest BCUT2D eigenvalue weighted by Gasteiger charge is -2.32. The third-order valence-corrected chi connectivity index (χ3v) is 3.59. The highest BCUT2D eigenvalue weighted by atomic mass is 16.3. The molecule has 0 bridgehead atoms. The van der Waals surface area contributed by atoms with E-state index >= 15 is 0 Å². The van der Waals surface area contributed by atoms with Gasteiger partial charge in [-0.1, -0.05) is 42.5 Å². The number of aryl methyl sites for hydroxylation is 1. The fraction of sp³-hybridized carbons (Fsp3) is 0.250. The third kappa shape index (κ3) is 1.89. The van der Waals surface area contributed by atoms with Crippen LogP contribution in [0.3, 0.4) is 0 Å². The number of benzene rings is 2. The quantitative estimate of drug-likeness (QED) is 0.802. The van der Waals surface area contributed by atoms with Gasteiger partial charge in [-0.05, 0) is 29.7 Å². The van der Waals surface area contributed by atoms with Crippen molar-refractivity contribution < 1.29 is 5.11 Å². The Morgan fingerprint density at radius 1 is 1.11 bits per heavy atom. The highest BCUT2D eigenvalue weighted by Crippen LogP contribution is 2.36. The molecule has 0 aromatic heterocycles. The second-order valence-corrected chi connectivity index (χ2v) is 4.93. The molecule has 2 heteroatoms. The molecule has 1 heterocycles. The Hall–Kier alpha value is -1.80. The van der Waals surface area contributed by atoms with E-state index in [-0.39, 0.29) is 12.0 Å². The lowest BCUT2D eigenvalue weighted by Crippen LogP contribution is -2.33. The number of anilines is 1. The van der Waals surface area contributed by atoms with E-state index in [1.807, 2.05) is 18.2 Å². The molecule has 18 heavy (non-hydrogen) atoms. The van der Waals surface area contributed by atoms with Crippen molar-refractivity contribution in [2.45, 2.75) is 18.9 Å². The maximum absolute atomic E-state index is 10.3. The number of hydrogen-bond acceptors (Lipinski definition) is 2. The van der Waals surface area contributed by atoms with E-state index in [4.69, 9.17) is 0 Å². The maximum atomic E-state index is 10.3. The first-order valence-corrected chi connectivity index (χ1v) is 6.33. The molecule has 2 nitrogen and oxygen atoms in total. The van der Waals surface area contributed by atoms with Crippen LogP contribution in [0.2, 0.25) is 0 Å². The lowest BCUT2D eigenvalue weighted by atomic mass is 9.83. The average molecular weight is 239 g/mol. The molecule has 0 fully saturated rings. The summed E-state index contributed by atoms with van der Waals surface area (Å²) in [7, 11) is 0. The van der Waals surface area contributed by atoms with Crippen LogP contribution in [-0.4, -0.2) is 17.8 Å². The molecule has 0 radical (unpaired) electrons. The zero-order valence-electron chi connectivity index (χ0n) is 10.4. The first-order chi connectivity index (χ1) is 8.75. The predicted octanol–water partition coefficient (Wildman–Crippen LogP) is 2.91. The van der Waals surface area contributed by atoms with Crippen molar-refractivity contribution in [1.82, 2.24) is 0 Å². The first kappa shape index (κ1) is 11.3. The summed E-state index contributed by atoms with van der Waals surface area (Å²) in [5.41, 5.74) is 4.75. The lowest BCUT2D eigenvalue weighted by molar-refractivity contribution is 0.165.